The van der Waals surface area contributed by atoms with Crippen molar-refractivity contribution in [1.29, 1.82) is 0 Å². The topological polar surface area (TPSA) is 0 Å². The zero-order valence-corrected chi connectivity index (χ0v) is 36.9. The zero-order chi connectivity index (χ0) is 43.2. The van der Waals surface area contributed by atoms with E-state index in [0.29, 0.717) is 0 Å². The van der Waals surface area contributed by atoms with Gasteiger partial charge in [0.05, 0.1) is 0 Å². The first-order valence-corrected chi connectivity index (χ1v) is 24.6. The van der Waals surface area contributed by atoms with Crippen molar-refractivity contribution in [3.8, 4) is 44.5 Å². The molecule has 304 valence electrons. The normalized spacial score (nSPS) is 11.7. The van der Waals surface area contributed by atoms with E-state index in [-0.39, 0.29) is 0 Å². The number of hydrogen-bond donors (Lipinski definition) is 0. The lowest BCUT2D eigenvalue weighted by Crippen LogP contribution is -2.74. The summed E-state index contributed by atoms with van der Waals surface area (Å²) in [4.78, 5) is 0. The molecule has 0 saturated carbocycles. The molecule has 0 aliphatic rings. The number of hydrogen-bond acceptors (Lipinski definition) is 0. The summed E-state index contributed by atoms with van der Waals surface area (Å²) in [6, 6.07) is 99.3. The predicted octanol–water partition coefficient (Wildman–Crippen LogP) is 14.3. The first kappa shape index (κ1) is 38.6. The summed E-state index contributed by atoms with van der Waals surface area (Å²) < 4.78 is 0. The Kier molecular flexibility index (Phi) is 9.63. The van der Waals surface area contributed by atoms with Gasteiger partial charge in [0.1, 0.15) is 0 Å². The minimum atomic E-state index is -2.76. The van der Waals surface area contributed by atoms with Crippen LogP contribution in [0.5, 0.6) is 0 Å². The van der Waals surface area contributed by atoms with Crippen molar-refractivity contribution < 1.29 is 0 Å². The molecule has 0 heterocycles. The number of rotatable bonds is 8. The van der Waals surface area contributed by atoms with Gasteiger partial charge < -0.3 is 0 Å². The van der Waals surface area contributed by atoms with Crippen molar-refractivity contribution in [1.82, 2.24) is 0 Å². The van der Waals surface area contributed by atoms with Gasteiger partial charge in [-0.15, -0.1) is 0 Å². The molecule has 12 aromatic rings. The van der Waals surface area contributed by atoms with Crippen molar-refractivity contribution >= 4 is 71.9 Å². The molecule has 0 aliphatic heterocycles. The molecule has 0 N–H and O–H groups in total. The highest BCUT2D eigenvalue weighted by Crippen LogP contribution is 2.46. The minimum absolute atomic E-state index is 1.21. The quantitative estimate of drug-likeness (QED) is 0.0812. The highest BCUT2D eigenvalue weighted by molar-refractivity contribution is 7.20. The first-order chi connectivity index (χ1) is 32.3. The SMILES string of the molecule is c1ccc([Si](c2ccccc2)(c2ccccc2)c2ccc(-c3ccc(-c4c5ccccc5c(-c5ccccc5-c5ccc6ccccc6c5)c5ccccc45)cc3)c3ccccc23)cc1. The van der Waals surface area contributed by atoms with E-state index in [0.717, 1.165) is 0 Å². The Morgan fingerprint density at radius 1 is 0.215 bits per heavy atom. The van der Waals surface area contributed by atoms with Gasteiger partial charge in [0, 0.05) is 0 Å². The Bertz CT molecular complexity index is 3530. The van der Waals surface area contributed by atoms with Gasteiger partial charge in [0.25, 0.3) is 0 Å². The van der Waals surface area contributed by atoms with Crippen molar-refractivity contribution in [2.75, 3.05) is 0 Å². The fourth-order valence-electron chi connectivity index (χ4n) is 10.8. The lowest BCUT2D eigenvalue weighted by molar-refractivity contribution is 1.62. The molecule has 0 atom stereocenters. The van der Waals surface area contributed by atoms with Gasteiger partial charge in [0.2, 0.25) is 0 Å². The molecule has 0 spiro atoms. The van der Waals surface area contributed by atoms with Crippen molar-refractivity contribution in [3.63, 3.8) is 0 Å². The van der Waals surface area contributed by atoms with Crippen LogP contribution in [0, 0.1) is 0 Å². The van der Waals surface area contributed by atoms with E-state index in [4.69, 9.17) is 0 Å². The van der Waals surface area contributed by atoms with E-state index in [2.05, 4.69) is 267 Å². The molecule has 0 aliphatic carbocycles. The molecule has 0 aromatic heterocycles. The Balaban J connectivity index is 1.02. The summed E-state index contributed by atoms with van der Waals surface area (Å²) in [5.74, 6) is 0. The van der Waals surface area contributed by atoms with Gasteiger partial charge in [-0.1, -0.05) is 261 Å². The van der Waals surface area contributed by atoms with Gasteiger partial charge in [-0.2, -0.15) is 0 Å². The van der Waals surface area contributed by atoms with Gasteiger partial charge in [0.15, 0.2) is 8.07 Å². The molecule has 0 fully saturated rings. The standard InChI is InChI=1S/C64H44Si/c1-4-22-50(23-5-1)65(51-24-6-2-7-25-51,52-26-8-3-9-27-52)62-43-42-54(55-29-13-14-30-56(55)62)46-37-39-47(40-38-46)63-58-32-16-18-34-60(58)64(61-35-19-17-33-59(61)63)57-31-15-12-28-53(57)49-41-36-45-20-10-11-21-48(45)44-49/h1-44H. The Hall–Kier alpha value is -8.10. The average Bonchev–Trinajstić information content (AvgIpc) is 3.39. The predicted molar refractivity (Wildman–Crippen MR) is 282 cm³/mol. The first-order valence-electron chi connectivity index (χ1n) is 22.6. The van der Waals surface area contributed by atoms with Crippen LogP contribution in [0.25, 0.3) is 87.6 Å². The number of fused-ring (bicyclic) bond motifs is 4. The summed E-state index contributed by atoms with van der Waals surface area (Å²) in [6.07, 6.45) is 0. The second-order valence-electron chi connectivity index (χ2n) is 17.1. The molecule has 12 rings (SSSR count). The fourth-order valence-corrected chi connectivity index (χ4v) is 15.7. The van der Waals surface area contributed by atoms with Crippen LogP contribution in [0.4, 0.5) is 0 Å². The third kappa shape index (κ3) is 6.43. The van der Waals surface area contributed by atoms with E-state index < -0.39 is 8.07 Å². The highest BCUT2D eigenvalue weighted by atomic mass is 28.3. The summed E-state index contributed by atoms with van der Waals surface area (Å²) in [7, 11) is -2.76. The fraction of sp³-hybridized carbons (Fsp3) is 0. The minimum Gasteiger partial charge on any atom is -0.0623 e. The van der Waals surface area contributed by atoms with E-state index in [1.165, 1.54) is 108 Å². The lowest BCUT2D eigenvalue weighted by Gasteiger charge is -2.35. The maximum atomic E-state index is 2.44. The molecule has 65 heavy (non-hydrogen) atoms. The number of benzene rings is 12. The van der Waals surface area contributed by atoms with Crippen molar-refractivity contribution in [2.45, 2.75) is 0 Å². The highest BCUT2D eigenvalue weighted by Gasteiger charge is 2.42. The second-order valence-corrected chi connectivity index (χ2v) is 20.9. The molecule has 0 unspecified atom stereocenters. The molecule has 12 aromatic carbocycles. The summed E-state index contributed by atoms with van der Waals surface area (Å²) >= 11 is 0. The zero-order valence-electron chi connectivity index (χ0n) is 35.9. The monoisotopic (exact) mass is 840 g/mol. The van der Waals surface area contributed by atoms with Crippen LogP contribution in [0.2, 0.25) is 0 Å². The van der Waals surface area contributed by atoms with Crippen LogP contribution < -0.4 is 20.7 Å². The maximum absolute atomic E-state index is 2.76. The molecule has 0 amide bonds. The van der Waals surface area contributed by atoms with Gasteiger partial charge in [-0.05, 0) is 114 Å². The lowest BCUT2D eigenvalue weighted by atomic mass is 9.83. The van der Waals surface area contributed by atoms with Gasteiger partial charge in [-0.25, -0.2) is 0 Å². The molecule has 0 radical (unpaired) electrons. The van der Waals surface area contributed by atoms with E-state index in [1.807, 2.05) is 0 Å². The van der Waals surface area contributed by atoms with Gasteiger partial charge >= 0.3 is 0 Å². The Morgan fingerprint density at radius 2 is 0.631 bits per heavy atom. The van der Waals surface area contributed by atoms with Crippen LogP contribution >= 0.6 is 0 Å². The summed E-state index contributed by atoms with van der Waals surface area (Å²) in [5.41, 5.74) is 9.89. The van der Waals surface area contributed by atoms with Crippen LogP contribution in [0.15, 0.2) is 267 Å². The van der Waals surface area contributed by atoms with Gasteiger partial charge in [-0.3, -0.25) is 0 Å². The third-order valence-corrected chi connectivity index (χ3v) is 18.5. The summed E-state index contributed by atoms with van der Waals surface area (Å²) in [6.45, 7) is 0. The molecule has 0 nitrogen and oxygen atoms in total. The molecule has 0 bridgehead atoms. The maximum Gasteiger partial charge on any atom is 0.180 e. The summed E-state index contributed by atoms with van der Waals surface area (Å²) in [5, 5.41) is 15.6. The van der Waals surface area contributed by atoms with Crippen molar-refractivity contribution in [3.05, 3.63) is 267 Å². The Labute approximate surface area is 381 Å². The largest absolute Gasteiger partial charge is 0.180 e. The van der Waals surface area contributed by atoms with E-state index >= 15 is 0 Å². The molecular weight excluding hydrogens is 797 g/mol. The molecular formula is C64H44Si. The molecule has 0 saturated heterocycles. The van der Waals surface area contributed by atoms with Crippen LogP contribution in [0.1, 0.15) is 0 Å². The average molecular weight is 841 g/mol. The van der Waals surface area contributed by atoms with Crippen LogP contribution in [-0.2, 0) is 0 Å². The van der Waals surface area contributed by atoms with E-state index in [9.17, 15) is 0 Å². The van der Waals surface area contributed by atoms with Crippen LogP contribution in [0.3, 0.4) is 0 Å². The van der Waals surface area contributed by atoms with Crippen LogP contribution in [-0.4, -0.2) is 8.07 Å². The Morgan fingerprint density at radius 3 is 1.20 bits per heavy atom. The van der Waals surface area contributed by atoms with Crippen molar-refractivity contribution in [2.24, 2.45) is 0 Å². The van der Waals surface area contributed by atoms with E-state index in [1.54, 1.807) is 0 Å². The third-order valence-electron chi connectivity index (χ3n) is 13.6. The smallest absolute Gasteiger partial charge is 0.0623 e. The second kappa shape index (κ2) is 16.2. The molecule has 1 heteroatoms.